The van der Waals surface area contributed by atoms with E-state index in [9.17, 15) is 4.79 Å². The lowest BCUT2D eigenvalue weighted by atomic mass is 10.2. The van der Waals surface area contributed by atoms with Gasteiger partial charge >= 0.3 is 0 Å². The lowest BCUT2D eigenvalue weighted by Gasteiger charge is -2.12. The number of nitrogens with one attached hydrogen (secondary N) is 1. The monoisotopic (exact) mass is 377 g/mol. The van der Waals surface area contributed by atoms with E-state index >= 15 is 0 Å². The van der Waals surface area contributed by atoms with Crippen LogP contribution >= 0.6 is 22.9 Å². The van der Waals surface area contributed by atoms with E-state index in [1.165, 1.54) is 25.6 Å². The number of fused-ring (bicyclic) bond motifs is 1. The van der Waals surface area contributed by atoms with Gasteiger partial charge in [-0.3, -0.25) is 4.79 Å². The Hall–Kier alpha value is -2.51. The maximum absolute atomic E-state index is 12.7. The summed E-state index contributed by atoms with van der Waals surface area (Å²) in [6, 6.07) is 6.91. The Balaban J connectivity index is 1.98. The number of nitrogen functional groups attached to an aromatic ring is 1. The molecule has 0 radical (unpaired) electrons. The van der Waals surface area contributed by atoms with Crippen molar-refractivity contribution in [3.05, 3.63) is 39.9 Å². The number of hydrogen-bond donors (Lipinski definition) is 2. The number of aryl methyl sites for hydroxylation is 1. The van der Waals surface area contributed by atoms with Crippen molar-refractivity contribution in [1.29, 1.82) is 0 Å². The third kappa shape index (κ3) is 3.20. The molecule has 130 valence electrons. The number of nitrogens with zero attached hydrogens (tertiary/aromatic N) is 1. The predicted molar refractivity (Wildman–Crippen MR) is 101 cm³/mol. The smallest absolute Gasteiger partial charge is 0.268 e. The summed E-state index contributed by atoms with van der Waals surface area (Å²) < 4.78 is 10.4. The summed E-state index contributed by atoms with van der Waals surface area (Å²) in [4.78, 5) is 18.2. The highest BCUT2D eigenvalue weighted by atomic mass is 35.5. The van der Waals surface area contributed by atoms with Crippen LogP contribution in [-0.4, -0.2) is 25.1 Å². The number of halogens is 1. The lowest BCUT2D eigenvalue weighted by Crippen LogP contribution is -2.13. The maximum Gasteiger partial charge on any atom is 0.268 e. The van der Waals surface area contributed by atoms with Crippen molar-refractivity contribution in [2.75, 3.05) is 25.3 Å². The molecule has 2 aromatic heterocycles. The minimum atomic E-state index is -0.349. The number of carbonyl (C=O) groups excluding carboxylic acids is 1. The number of pyridine rings is 1. The molecular weight excluding hydrogens is 362 g/mol. The topological polar surface area (TPSA) is 86.5 Å². The Kier molecular flexibility index (Phi) is 4.69. The Bertz CT molecular complexity index is 971. The van der Waals surface area contributed by atoms with Gasteiger partial charge in [-0.15, -0.1) is 11.3 Å². The highest BCUT2D eigenvalue weighted by Crippen LogP contribution is 2.37. The van der Waals surface area contributed by atoms with Gasteiger partial charge in [-0.2, -0.15) is 0 Å². The molecule has 0 saturated heterocycles. The van der Waals surface area contributed by atoms with Crippen molar-refractivity contribution >= 4 is 50.4 Å². The number of anilines is 2. The van der Waals surface area contributed by atoms with Gasteiger partial charge in [0, 0.05) is 17.1 Å². The summed E-state index contributed by atoms with van der Waals surface area (Å²) in [5, 5.41) is 3.91. The average Bonchev–Trinajstić information content (AvgIpc) is 2.91. The molecule has 0 aliphatic carbocycles. The molecule has 0 bridgehead atoms. The summed E-state index contributed by atoms with van der Waals surface area (Å²) in [7, 11) is 3.00. The normalized spacial score (nSPS) is 10.7. The number of carbonyl (C=O) groups is 1. The number of hydrogen-bond acceptors (Lipinski definition) is 6. The van der Waals surface area contributed by atoms with E-state index in [-0.39, 0.29) is 5.91 Å². The number of thiophene rings is 1. The first-order chi connectivity index (χ1) is 11.9. The van der Waals surface area contributed by atoms with Crippen LogP contribution in [-0.2, 0) is 0 Å². The molecule has 2 heterocycles. The van der Waals surface area contributed by atoms with E-state index in [1.807, 2.05) is 19.1 Å². The molecule has 0 saturated carbocycles. The molecule has 0 spiro atoms. The first kappa shape index (κ1) is 17.3. The fraction of sp³-hybridized carbons (Fsp3) is 0.176. The van der Waals surface area contributed by atoms with Crippen LogP contribution in [0.2, 0.25) is 5.02 Å². The van der Waals surface area contributed by atoms with Crippen LogP contribution in [0.25, 0.3) is 10.2 Å². The number of benzene rings is 1. The molecular formula is C17H16ClN3O3S. The second-order valence-electron chi connectivity index (χ2n) is 5.29. The van der Waals surface area contributed by atoms with Gasteiger partial charge in [-0.25, -0.2) is 4.98 Å². The molecule has 0 atom stereocenters. The van der Waals surface area contributed by atoms with Gasteiger partial charge in [0.25, 0.3) is 5.91 Å². The largest absolute Gasteiger partial charge is 0.495 e. The summed E-state index contributed by atoms with van der Waals surface area (Å²) in [5.74, 6) is 0.540. The van der Waals surface area contributed by atoms with Crippen LogP contribution in [0.3, 0.4) is 0 Å². The molecule has 3 rings (SSSR count). The number of amides is 1. The van der Waals surface area contributed by atoms with Gasteiger partial charge in [0.2, 0.25) is 0 Å². The van der Waals surface area contributed by atoms with Crippen molar-refractivity contribution in [3.8, 4) is 11.5 Å². The minimum absolute atomic E-state index is 0.349. The fourth-order valence-corrected chi connectivity index (χ4v) is 3.67. The molecule has 0 fully saturated rings. The summed E-state index contributed by atoms with van der Waals surface area (Å²) in [6.07, 6.45) is 0. The van der Waals surface area contributed by atoms with Crippen molar-refractivity contribution in [3.63, 3.8) is 0 Å². The van der Waals surface area contributed by atoms with Crippen LogP contribution in [0.5, 0.6) is 11.5 Å². The molecule has 25 heavy (non-hydrogen) atoms. The third-order valence-corrected chi connectivity index (χ3v) is 5.07. The van der Waals surface area contributed by atoms with Crippen molar-refractivity contribution in [1.82, 2.24) is 4.98 Å². The second-order valence-corrected chi connectivity index (χ2v) is 6.70. The van der Waals surface area contributed by atoms with Crippen LogP contribution in [0.15, 0.2) is 24.3 Å². The highest BCUT2D eigenvalue weighted by Gasteiger charge is 2.19. The van der Waals surface area contributed by atoms with Gasteiger partial charge in [-0.05, 0) is 25.1 Å². The van der Waals surface area contributed by atoms with Crippen molar-refractivity contribution < 1.29 is 14.3 Å². The number of methoxy groups -OCH3 is 2. The molecule has 8 heteroatoms. The molecule has 0 aliphatic heterocycles. The minimum Gasteiger partial charge on any atom is -0.495 e. The fourth-order valence-electron chi connectivity index (χ4n) is 2.40. The number of ether oxygens (including phenoxy) is 2. The Morgan fingerprint density at radius 2 is 1.96 bits per heavy atom. The quantitative estimate of drug-likeness (QED) is 0.714. The van der Waals surface area contributed by atoms with Crippen LogP contribution in [0, 0.1) is 6.92 Å². The summed E-state index contributed by atoms with van der Waals surface area (Å²) >= 11 is 7.38. The summed E-state index contributed by atoms with van der Waals surface area (Å²) in [5.41, 5.74) is 7.82. The summed E-state index contributed by atoms with van der Waals surface area (Å²) in [6.45, 7) is 1.89. The second kappa shape index (κ2) is 6.78. The Labute approximate surface area is 153 Å². The lowest BCUT2D eigenvalue weighted by molar-refractivity contribution is 0.103. The Morgan fingerprint density at radius 3 is 2.64 bits per heavy atom. The van der Waals surface area contributed by atoms with Crippen molar-refractivity contribution in [2.24, 2.45) is 0 Å². The SMILES string of the molecule is COc1cc(OC)c(NC(=O)c2sc3nc(C)ccc3c2N)cc1Cl. The van der Waals surface area contributed by atoms with Gasteiger partial charge in [0.1, 0.15) is 21.2 Å². The van der Waals surface area contributed by atoms with E-state index in [0.717, 1.165) is 15.9 Å². The highest BCUT2D eigenvalue weighted by molar-refractivity contribution is 7.21. The van der Waals surface area contributed by atoms with E-state index in [1.54, 1.807) is 12.1 Å². The molecule has 6 nitrogen and oxygen atoms in total. The van der Waals surface area contributed by atoms with E-state index in [0.29, 0.717) is 32.8 Å². The van der Waals surface area contributed by atoms with Crippen LogP contribution in [0.1, 0.15) is 15.4 Å². The molecule has 1 aromatic carbocycles. The van der Waals surface area contributed by atoms with E-state index in [2.05, 4.69) is 10.3 Å². The molecule has 3 N–H and O–H groups in total. The van der Waals surface area contributed by atoms with Gasteiger partial charge in [0.15, 0.2) is 0 Å². The van der Waals surface area contributed by atoms with E-state index in [4.69, 9.17) is 26.8 Å². The van der Waals surface area contributed by atoms with Crippen LogP contribution < -0.4 is 20.5 Å². The number of rotatable bonds is 4. The van der Waals surface area contributed by atoms with Gasteiger partial charge in [-0.1, -0.05) is 11.6 Å². The zero-order valence-corrected chi connectivity index (χ0v) is 15.4. The van der Waals surface area contributed by atoms with Crippen LogP contribution in [0.4, 0.5) is 11.4 Å². The predicted octanol–water partition coefficient (Wildman–Crippen LogP) is 4.11. The van der Waals surface area contributed by atoms with E-state index < -0.39 is 0 Å². The number of nitrogens with two attached hydrogens (primary N) is 1. The molecule has 0 aliphatic rings. The molecule has 3 aromatic rings. The first-order valence-corrected chi connectivity index (χ1v) is 8.52. The zero-order valence-electron chi connectivity index (χ0n) is 13.8. The maximum atomic E-state index is 12.7. The number of aromatic nitrogens is 1. The Morgan fingerprint density at radius 1 is 1.24 bits per heavy atom. The van der Waals surface area contributed by atoms with Gasteiger partial charge in [0.05, 0.1) is 30.6 Å². The molecule has 1 amide bonds. The average molecular weight is 378 g/mol. The molecule has 0 unspecified atom stereocenters. The third-order valence-electron chi connectivity index (χ3n) is 3.66. The standard InChI is InChI=1S/C17H16ClN3O3S/c1-8-4-5-9-14(19)15(25-17(9)20-8)16(22)21-11-6-10(18)12(23-2)7-13(11)24-3/h4-7H,19H2,1-3H3,(H,21,22). The van der Waals surface area contributed by atoms with Crippen molar-refractivity contribution in [2.45, 2.75) is 6.92 Å². The van der Waals surface area contributed by atoms with Gasteiger partial charge < -0.3 is 20.5 Å². The zero-order chi connectivity index (χ0) is 18.1. The first-order valence-electron chi connectivity index (χ1n) is 7.33.